The van der Waals surface area contributed by atoms with E-state index in [1.165, 1.54) is 0 Å². The van der Waals surface area contributed by atoms with Crippen molar-refractivity contribution >= 4 is 27.6 Å². The van der Waals surface area contributed by atoms with Crippen LogP contribution < -0.4 is 10.6 Å². The fourth-order valence-corrected chi connectivity index (χ4v) is 1.93. The smallest absolute Gasteiger partial charge is 0.146 e. The summed E-state index contributed by atoms with van der Waals surface area (Å²) in [4.78, 5) is 8.46. The second-order valence-electron chi connectivity index (χ2n) is 4.23. The summed E-state index contributed by atoms with van der Waals surface area (Å²) in [5.41, 5.74) is 0. The second-order valence-corrected chi connectivity index (χ2v) is 5.03. The molecule has 0 saturated heterocycles. The van der Waals surface area contributed by atoms with E-state index in [0.717, 1.165) is 29.1 Å². The fraction of sp³-hybridized carbons (Fsp3) is 0.667. The number of nitrogens with zero attached hydrogens (tertiary/aromatic N) is 2. The zero-order valence-corrected chi connectivity index (χ0v) is 12.5. The van der Waals surface area contributed by atoms with E-state index in [-0.39, 0.29) is 0 Å². The van der Waals surface area contributed by atoms with Crippen LogP contribution in [-0.2, 0) is 0 Å². The highest BCUT2D eigenvalue weighted by molar-refractivity contribution is 9.10. The van der Waals surface area contributed by atoms with Crippen LogP contribution in [0.15, 0.2) is 10.8 Å². The van der Waals surface area contributed by atoms with Gasteiger partial charge in [0.2, 0.25) is 0 Å². The Morgan fingerprint density at radius 3 is 2.47 bits per heavy atom. The van der Waals surface area contributed by atoms with Crippen molar-refractivity contribution in [2.75, 3.05) is 17.2 Å². The van der Waals surface area contributed by atoms with Gasteiger partial charge in [0, 0.05) is 12.6 Å². The molecule has 0 aliphatic heterocycles. The minimum Gasteiger partial charge on any atom is -0.369 e. The summed E-state index contributed by atoms with van der Waals surface area (Å²) in [6, 6.07) is 0.390. The fourth-order valence-electron chi connectivity index (χ4n) is 1.47. The van der Waals surface area contributed by atoms with Crippen LogP contribution in [0.2, 0.25) is 0 Å². The Morgan fingerprint density at radius 2 is 1.88 bits per heavy atom. The second kappa shape index (κ2) is 6.79. The first-order valence-electron chi connectivity index (χ1n) is 6.11. The van der Waals surface area contributed by atoms with Gasteiger partial charge >= 0.3 is 0 Å². The maximum Gasteiger partial charge on any atom is 0.146 e. The predicted octanol–water partition coefficient (Wildman–Crippen LogP) is 3.52. The molecular formula is C12H21BrN4. The monoisotopic (exact) mass is 300 g/mol. The summed E-state index contributed by atoms with van der Waals surface area (Å²) in [5.74, 6) is 2.30. The van der Waals surface area contributed by atoms with E-state index in [2.05, 4.69) is 57.3 Å². The van der Waals surface area contributed by atoms with Crippen molar-refractivity contribution in [1.82, 2.24) is 9.97 Å². The van der Waals surface area contributed by atoms with Crippen LogP contribution in [-0.4, -0.2) is 22.6 Å². The maximum absolute atomic E-state index is 4.27. The molecule has 0 aliphatic carbocycles. The van der Waals surface area contributed by atoms with E-state index in [1.54, 1.807) is 6.33 Å². The van der Waals surface area contributed by atoms with Crippen molar-refractivity contribution in [3.05, 3.63) is 10.8 Å². The van der Waals surface area contributed by atoms with Crippen LogP contribution in [0.4, 0.5) is 11.6 Å². The molecule has 0 saturated carbocycles. The minimum absolute atomic E-state index is 0.390. The molecule has 0 bridgehead atoms. The largest absolute Gasteiger partial charge is 0.369 e. The van der Waals surface area contributed by atoms with Crippen LogP contribution >= 0.6 is 15.9 Å². The van der Waals surface area contributed by atoms with Gasteiger partial charge in [0.05, 0.1) is 0 Å². The van der Waals surface area contributed by atoms with Crippen LogP contribution in [0.25, 0.3) is 0 Å². The first-order chi connectivity index (χ1) is 8.10. The van der Waals surface area contributed by atoms with Gasteiger partial charge in [0.15, 0.2) is 0 Å². The molecule has 2 N–H and O–H groups in total. The van der Waals surface area contributed by atoms with Crippen molar-refractivity contribution in [2.24, 2.45) is 5.92 Å². The third-order valence-electron chi connectivity index (χ3n) is 3.00. The Bertz CT molecular complexity index is 356. The van der Waals surface area contributed by atoms with Gasteiger partial charge in [-0.3, -0.25) is 0 Å². The van der Waals surface area contributed by atoms with E-state index in [1.807, 2.05) is 6.92 Å². The van der Waals surface area contributed by atoms with Crippen molar-refractivity contribution in [3.63, 3.8) is 0 Å². The number of hydrogen-bond acceptors (Lipinski definition) is 4. The summed E-state index contributed by atoms with van der Waals surface area (Å²) >= 11 is 3.53. The first kappa shape index (κ1) is 14.2. The Hall–Kier alpha value is -0.840. The van der Waals surface area contributed by atoms with Crippen molar-refractivity contribution < 1.29 is 0 Å². The third kappa shape index (κ3) is 3.84. The molecule has 2 atom stereocenters. The molecule has 0 amide bonds. The Morgan fingerprint density at radius 1 is 1.24 bits per heavy atom. The van der Waals surface area contributed by atoms with Gasteiger partial charge in [-0.1, -0.05) is 20.3 Å². The van der Waals surface area contributed by atoms with Gasteiger partial charge in [-0.25, -0.2) is 9.97 Å². The first-order valence-corrected chi connectivity index (χ1v) is 6.90. The van der Waals surface area contributed by atoms with Crippen molar-refractivity contribution in [2.45, 2.75) is 40.2 Å². The summed E-state index contributed by atoms with van der Waals surface area (Å²) in [7, 11) is 0. The lowest BCUT2D eigenvalue weighted by Crippen LogP contribution is -2.24. The van der Waals surface area contributed by atoms with Gasteiger partial charge in [-0.15, -0.1) is 0 Å². The van der Waals surface area contributed by atoms with Gasteiger partial charge in [0.25, 0.3) is 0 Å². The van der Waals surface area contributed by atoms with E-state index < -0.39 is 0 Å². The molecule has 1 aromatic heterocycles. The van der Waals surface area contributed by atoms with Crippen LogP contribution in [0, 0.1) is 5.92 Å². The maximum atomic E-state index is 4.27. The summed E-state index contributed by atoms with van der Waals surface area (Å²) in [6.07, 6.45) is 2.73. The lowest BCUT2D eigenvalue weighted by molar-refractivity contribution is 0.493. The Balaban J connectivity index is 2.80. The predicted molar refractivity (Wildman–Crippen MR) is 76.4 cm³/mol. The number of halogens is 1. The lowest BCUT2D eigenvalue weighted by atomic mass is 10.0. The number of rotatable bonds is 6. The lowest BCUT2D eigenvalue weighted by Gasteiger charge is -2.21. The number of hydrogen-bond donors (Lipinski definition) is 2. The molecule has 1 aromatic rings. The molecule has 17 heavy (non-hydrogen) atoms. The SMILES string of the molecule is CCNc1ncnc(NC(C)C(C)CC)c1Br. The van der Waals surface area contributed by atoms with E-state index in [0.29, 0.717) is 12.0 Å². The van der Waals surface area contributed by atoms with Crippen molar-refractivity contribution in [3.8, 4) is 0 Å². The number of anilines is 2. The third-order valence-corrected chi connectivity index (χ3v) is 3.75. The molecule has 0 aromatic carbocycles. The highest BCUT2D eigenvalue weighted by Gasteiger charge is 2.14. The molecule has 96 valence electrons. The number of aromatic nitrogens is 2. The number of nitrogens with one attached hydrogen (secondary N) is 2. The summed E-state index contributed by atoms with van der Waals surface area (Å²) < 4.78 is 0.900. The normalized spacial score (nSPS) is 14.2. The standard InChI is InChI=1S/C12H21BrN4/c1-5-8(3)9(4)17-12-10(13)11(14-6-2)15-7-16-12/h7-9H,5-6H2,1-4H3,(H2,14,15,16,17). The van der Waals surface area contributed by atoms with Gasteiger partial charge in [0.1, 0.15) is 22.4 Å². The highest BCUT2D eigenvalue weighted by Crippen LogP contribution is 2.27. The molecule has 4 nitrogen and oxygen atoms in total. The average Bonchev–Trinajstić information content (AvgIpc) is 2.33. The quantitative estimate of drug-likeness (QED) is 0.844. The van der Waals surface area contributed by atoms with E-state index in [9.17, 15) is 0 Å². The topological polar surface area (TPSA) is 49.8 Å². The van der Waals surface area contributed by atoms with Crippen molar-refractivity contribution in [1.29, 1.82) is 0 Å². The van der Waals surface area contributed by atoms with Gasteiger partial charge in [-0.2, -0.15) is 0 Å². The zero-order valence-electron chi connectivity index (χ0n) is 10.9. The molecule has 0 aliphatic rings. The Labute approximate surface area is 112 Å². The highest BCUT2D eigenvalue weighted by atomic mass is 79.9. The van der Waals surface area contributed by atoms with Crippen LogP contribution in [0.5, 0.6) is 0 Å². The molecule has 0 radical (unpaired) electrons. The molecule has 2 unspecified atom stereocenters. The molecular weight excluding hydrogens is 280 g/mol. The Kier molecular flexibility index (Phi) is 5.68. The van der Waals surface area contributed by atoms with Gasteiger partial charge < -0.3 is 10.6 Å². The van der Waals surface area contributed by atoms with E-state index in [4.69, 9.17) is 0 Å². The minimum atomic E-state index is 0.390. The molecule has 1 rings (SSSR count). The summed E-state index contributed by atoms with van der Waals surface area (Å²) in [5, 5.41) is 6.62. The molecule has 5 heteroatoms. The molecule has 0 spiro atoms. The average molecular weight is 301 g/mol. The molecule has 1 heterocycles. The van der Waals surface area contributed by atoms with Gasteiger partial charge in [-0.05, 0) is 35.7 Å². The zero-order chi connectivity index (χ0) is 12.8. The van der Waals surface area contributed by atoms with Crippen LogP contribution in [0.3, 0.4) is 0 Å². The van der Waals surface area contributed by atoms with E-state index >= 15 is 0 Å². The van der Waals surface area contributed by atoms with Crippen LogP contribution in [0.1, 0.15) is 34.1 Å². The molecule has 0 fully saturated rings. The summed E-state index contributed by atoms with van der Waals surface area (Å²) in [6.45, 7) is 9.49.